The number of ether oxygens (including phenoxy) is 2. The maximum absolute atomic E-state index is 14.9. The highest BCUT2D eigenvalue weighted by Crippen LogP contribution is 2.32. The van der Waals surface area contributed by atoms with E-state index in [4.69, 9.17) is 4.74 Å². The average molecular weight is 643 g/mol. The van der Waals surface area contributed by atoms with Crippen molar-refractivity contribution in [2.75, 3.05) is 16.0 Å². The molecule has 4 aromatic rings. The molecular formula is C30H26F4N6O4S. The molecule has 3 amide bonds. The van der Waals surface area contributed by atoms with Crippen molar-refractivity contribution < 1.29 is 36.6 Å². The quantitative estimate of drug-likeness (QED) is 0.200. The Morgan fingerprint density at radius 3 is 2.60 bits per heavy atom. The summed E-state index contributed by atoms with van der Waals surface area (Å²) in [4.78, 5) is 35.0. The number of amidine groups is 1. The first-order valence-corrected chi connectivity index (χ1v) is 14.6. The molecule has 1 N–H and O–H groups in total. The summed E-state index contributed by atoms with van der Waals surface area (Å²) in [6, 6.07) is 14.0. The van der Waals surface area contributed by atoms with E-state index in [-0.39, 0.29) is 40.9 Å². The molecule has 1 fully saturated rings. The van der Waals surface area contributed by atoms with Crippen molar-refractivity contribution in [1.29, 1.82) is 0 Å². The van der Waals surface area contributed by atoms with E-state index in [2.05, 4.69) is 25.1 Å². The summed E-state index contributed by atoms with van der Waals surface area (Å²) in [5.41, 5.74) is 3.31. The van der Waals surface area contributed by atoms with Gasteiger partial charge in [-0.15, -0.1) is 18.3 Å². The van der Waals surface area contributed by atoms with Crippen molar-refractivity contribution in [2.45, 2.75) is 39.7 Å². The standard InChI is InChI=1S/C30H26F4N6O4S/c1-3-4-20-7-5-18(2)13-25(20)40-26(41)16-45-29(40)37-27(42)36-24-12-6-19(14-23(24)31)15-43-28-35-17-39(38-28)21-8-10-22(11-9-21)44-30(32,33)34/h5-14,17H,3-4,15-16H2,1-2H3,(H,36,42). The number of benzene rings is 3. The second kappa shape index (κ2) is 13.4. The number of aryl methyl sites for hydroxylation is 2. The van der Waals surface area contributed by atoms with Crippen LogP contribution in [-0.4, -0.2) is 44.0 Å². The predicted molar refractivity (Wildman–Crippen MR) is 160 cm³/mol. The van der Waals surface area contributed by atoms with Crippen LogP contribution in [0.15, 0.2) is 72.0 Å². The molecular weight excluding hydrogens is 616 g/mol. The summed E-state index contributed by atoms with van der Waals surface area (Å²) in [5, 5.41) is 6.74. The molecule has 0 unspecified atom stereocenters. The monoisotopic (exact) mass is 642 g/mol. The maximum Gasteiger partial charge on any atom is 0.573 e. The number of rotatable bonds is 9. The van der Waals surface area contributed by atoms with E-state index in [9.17, 15) is 27.2 Å². The van der Waals surface area contributed by atoms with Gasteiger partial charge in [0.05, 0.1) is 22.8 Å². The van der Waals surface area contributed by atoms with Gasteiger partial charge in [0.2, 0.25) is 5.91 Å². The second-order valence-corrected chi connectivity index (χ2v) is 10.8. The normalized spacial score (nSPS) is 14.2. The molecule has 45 heavy (non-hydrogen) atoms. The minimum absolute atomic E-state index is 0.0527. The Morgan fingerprint density at radius 2 is 1.89 bits per heavy atom. The number of hydrogen-bond donors (Lipinski definition) is 1. The highest BCUT2D eigenvalue weighted by molar-refractivity contribution is 8.15. The Bertz CT molecular complexity index is 1740. The van der Waals surface area contributed by atoms with Crippen molar-refractivity contribution in [3.63, 3.8) is 0 Å². The number of amides is 3. The number of hydrogen-bond acceptors (Lipinski definition) is 7. The summed E-state index contributed by atoms with van der Waals surface area (Å²) >= 11 is 1.13. The molecule has 10 nitrogen and oxygen atoms in total. The molecule has 1 aliphatic heterocycles. The molecule has 234 valence electrons. The minimum atomic E-state index is -4.80. The number of nitrogens with one attached hydrogen (secondary N) is 1. The van der Waals surface area contributed by atoms with Crippen molar-refractivity contribution in [3.05, 3.63) is 89.5 Å². The summed E-state index contributed by atoms with van der Waals surface area (Å²) in [5.74, 6) is -1.18. The van der Waals surface area contributed by atoms with Crippen LogP contribution in [0.1, 0.15) is 30.0 Å². The minimum Gasteiger partial charge on any atom is -0.458 e. The highest BCUT2D eigenvalue weighted by atomic mass is 32.2. The predicted octanol–water partition coefficient (Wildman–Crippen LogP) is 6.81. The van der Waals surface area contributed by atoms with Crippen LogP contribution in [0.4, 0.5) is 33.7 Å². The number of carbonyl (C=O) groups excluding carboxylic acids is 2. The van der Waals surface area contributed by atoms with Gasteiger partial charge in [0.15, 0.2) is 5.17 Å². The number of alkyl halides is 3. The Kier molecular flexibility index (Phi) is 9.37. The zero-order valence-corrected chi connectivity index (χ0v) is 24.8. The van der Waals surface area contributed by atoms with Gasteiger partial charge in [0.25, 0.3) is 0 Å². The van der Waals surface area contributed by atoms with Crippen LogP contribution in [-0.2, 0) is 17.8 Å². The molecule has 1 aliphatic rings. The fourth-order valence-electron chi connectivity index (χ4n) is 4.41. The number of aliphatic imine (C=N–C) groups is 1. The largest absolute Gasteiger partial charge is 0.573 e. The smallest absolute Gasteiger partial charge is 0.458 e. The number of halogens is 4. The molecule has 0 radical (unpaired) electrons. The molecule has 1 saturated heterocycles. The Labute approximate surface area is 259 Å². The number of carbonyl (C=O) groups is 2. The van der Waals surface area contributed by atoms with Crippen LogP contribution in [0.25, 0.3) is 5.69 Å². The van der Waals surface area contributed by atoms with E-state index in [1.54, 1.807) is 0 Å². The molecule has 15 heteroatoms. The zero-order chi connectivity index (χ0) is 32.1. The van der Waals surface area contributed by atoms with Crippen LogP contribution in [0, 0.1) is 12.7 Å². The van der Waals surface area contributed by atoms with Crippen molar-refractivity contribution in [2.24, 2.45) is 4.99 Å². The Balaban J connectivity index is 1.21. The average Bonchev–Trinajstić information content (AvgIpc) is 3.60. The first-order valence-electron chi connectivity index (χ1n) is 13.6. The third kappa shape index (κ3) is 7.98. The van der Waals surface area contributed by atoms with Gasteiger partial charge in [0, 0.05) is 0 Å². The number of thioether (sulfide) groups is 1. The van der Waals surface area contributed by atoms with E-state index < -0.39 is 18.2 Å². The third-order valence-electron chi connectivity index (χ3n) is 6.41. The van der Waals surface area contributed by atoms with E-state index in [1.807, 2.05) is 32.0 Å². The van der Waals surface area contributed by atoms with Gasteiger partial charge in [-0.25, -0.2) is 13.9 Å². The number of urea groups is 1. The lowest BCUT2D eigenvalue weighted by Gasteiger charge is -2.20. The first-order chi connectivity index (χ1) is 21.5. The van der Waals surface area contributed by atoms with Crippen molar-refractivity contribution >= 4 is 40.2 Å². The maximum atomic E-state index is 14.9. The van der Waals surface area contributed by atoms with Gasteiger partial charge in [-0.05, 0) is 72.5 Å². The van der Waals surface area contributed by atoms with Crippen molar-refractivity contribution in [3.8, 4) is 17.4 Å². The first kappa shape index (κ1) is 31.5. The molecule has 1 aromatic heterocycles. The van der Waals surface area contributed by atoms with E-state index >= 15 is 0 Å². The number of nitrogens with zero attached hydrogens (tertiary/aromatic N) is 5. The van der Waals surface area contributed by atoms with Gasteiger partial charge in [0.1, 0.15) is 24.5 Å². The number of anilines is 2. The van der Waals surface area contributed by atoms with Crippen LogP contribution in [0.2, 0.25) is 0 Å². The van der Waals surface area contributed by atoms with Crippen LogP contribution >= 0.6 is 11.8 Å². The van der Waals surface area contributed by atoms with E-state index in [1.165, 1.54) is 46.2 Å². The molecule has 0 spiro atoms. The molecule has 2 heterocycles. The number of aromatic nitrogens is 3. The lowest BCUT2D eigenvalue weighted by atomic mass is 10.0. The fraction of sp³-hybridized carbons (Fsp3) is 0.233. The molecule has 0 saturated carbocycles. The summed E-state index contributed by atoms with van der Waals surface area (Å²) in [7, 11) is 0. The SMILES string of the molecule is CCCc1ccc(C)cc1N1C(=O)CSC1=NC(=O)Nc1ccc(COc2ncn(-c3ccc(OC(F)(F)F)cc3)n2)cc1F. The summed E-state index contributed by atoms with van der Waals surface area (Å²) < 4.78 is 62.6. The zero-order valence-electron chi connectivity index (χ0n) is 24.0. The molecule has 0 atom stereocenters. The molecule has 5 rings (SSSR count). The Hall–Kier alpha value is -4.92. The van der Waals surface area contributed by atoms with Crippen LogP contribution in [0.3, 0.4) is 0 Å². The summed E-state index contributed by atoms with van der Waals surface area (Å²) in [6.07, 6.45) is -1.87. The van der Waals surface area contributed by atoms with Gasteiger partial charge in [-0.3, -0.25) is 9.69 Å². The van der Waals surface area contributed by atoms with Gasteiger partial charge < -0.3 is 14.8 Å². The van der Waals surface area contributed by atoms with Crippen LogP contribution < -0.4 is 19.7 Å². The highest BCUT2D eigenvalue weighted by Gasteiger charge is 2.32. The van der Waals surface area contributed by atoms with Crippen molar-refractivity contribution in [1.82, 2.24) is 14.8 Å². The van der Waals surface area contributed by atoms with Crippen LogP contribution in [0.5, 0.6) is 11.8 Å². The van der Waals surface area contributed by atoms with Gasteiger partial charge in [-0.1, -0.05) is 43.3 Å². The topological polar surface area (TPSA) is 111 Å². The van der Waals surface area contributed by atoms with E-state index in [0.29, 0.717) is 16.9 Å². The third-order valence-corrected chi connectivity index (χ3v) is 7.34. The lowest BCUT2D eigenvalue weighted by molar-refractivity contribution is -0.274. The lowest BCUT2D eigenvalue weighted by Crippen LogP contribution is -2.31. The van der Waals surface area contributed by atoms with E-state index in [0.717, 1.165) is 47.9 Å². The summed E-state index contributed by atoms with van der Waals surface area (Å²) in [6.45, 7) is 3.84. The molecule has 0 aliphatic carbocycles. The molecule has 3 aromatic carbocycles. The second-order valence-electron chi connectivity index (χ2n) is 9.84. The fourth-order valence-corrected chi connectivity index (χ4v) is 5.27. The Morgan fingerprint density at radius 1 is 1.11 bits per heavy atom. The molecule has 0 bridgehead atoms. The van der Waals surface area contributed by atoms with Gasteiger partial charge in [-0.2, -0.15) is 9.98 Å². The van der Waals surface area contributed by atoms with Gasteiger partial charge >= 0.3 is 18.4 Å².